The zero-order valence-electron chi connectivity index (χ0n) is 12.8. The maximum Gasteiger partial charge on any atom is 0.234 e. The van der Waals surface area contributed by atoms with Crippen LogP contribution >= 0.6 is 0 Å². The summed E-state index contributed by atoms with van der Waals surface area (Å²) in [6, 6.07) is 0. The Labute approximate surface area is 116 Å². The molecule has 1 unspecified atom stereocenters. The maximum absolute atomic E-state index is 13.0. The number of amides is 1. The lowest BCUT2D eigenvalue weighted by molar-refractivity contribution is -0.138. The molecule has 0 saturated carbocycles. The highest BCUT2D eigenvalue weighted by Gasteiger charge is 2.40. The standard InChI is InChI=1S/C16H24N2O/c1-15(2,3)12-8-7-11-9-17-10-13(11)18(14(12)19)16(4,5)6/h7-8,10,12H,9H2,1-6H3. The molecule has 0 aromatic carbocycles. The molecule has 0 radical (unpaired) electrons. The number of hydrogen-bond acceptors (Lipinski definition) is 2. The van der Waals surface area contributed by atoms with Crippen molar-refractivity contribution in [1.29, 1.82) is 0 Å². The van der Waals surface area contributed by atoms with Crippen molar-refractivity contribution in [2.24, 2.45) is 16.3 Å². The molecule has 3 nitrogen and oxygen atoms in total. The van der Waals surface area contributed by atoms with E-state index in [2.05, 4.69) is 58.7 Å². The van der Waals surface area contributed by atoms with Crippen LogP contribution in [0, 0.1) is 11.3 Å². The Balaban J connectivity index is 2.51. The lowest BCUT2D eigenvalue weighted by Crippen LogP contribution is -2.49. The summed E-state index contributed by atoms with van der Waals surface area (Å²) in [4.78, 5) is 19.2. The molecule has 3 heteroatoms. The highest BCUT2D eigenvalue weighted by atomic mass is 16.2. The van der Waals surface area contributed by atoms with Gasteiger partial charge in [0.05, 0.1) is 18.2 Å². The number of carbonyl (C=O) groups is 1. The van der Waals surface area contributed by atoms with Crippen LogP contribution < -0.4 is 0 Å². The zero-order valence-corrected chi connectivity index (χ0v) is 12.8. The second-order valence-corrected chi connectivity index (χ2v) is 7.43. The molecule has 0 N–H and O–H groups in total. The summed E-state index contributed by atoms with van der Waals surface area (Å²) in [5.74, 6) is 0.0836. The Bertz CT molecular complexity index is 484. The molecule has 1 atom stereocenters. The van der Waals surface area contributed by atoms with Crippen LogP contribution in [-0.4, -0.2) is 29.1 Å². The fourth-order valence-electron chi connectivity index (χ4n) is 2.64. The van der Waals surface area contributed by atoms with Crippen molar-refractivity contribution < 1.29 is 4.79 Å². The van der Waals surface area contributed by atoms with E-state index < -0.39 is 0 Å². The maximum atomic E-state index is 13.0. The van der Waals surface area contributed by atoms with Crippen molar-refractivity contribution >= 4 is 12.1 Å². The van der Waals surface area contributed by atoms with Gasteiger partial charge in [0.1, 0.15) is 0 Å². The molecule has 2 rings (SSSR count). The van der Waals surface area contributed by atoms with Crippen molar-refractivity contribution in [3.05, 3.63) is 23.4 Å². The molecule has 0 aromatic rings. The van der Waals surface area contributed by atoms with Gasteiger partial charge < -0.3 is 4.90 Å². The van der Waals surface area contributed by atoms with Crippen LogP contribution in [-0.2, 0) is 4.79 Å². The van der Waals surface area contributed by atoms with Crippen LogP contribution in [0.15, 0.2) is 28.4 Å². The number of allylic oxidation sites excluding steroid dienone is 1. The average molecular weight is 260 g/mol. The Morgan fingerprint density at radius 2 is 1.84 bits per heavy atom. The predicted octanol–water partition coefficient (Wildman–Crippen LogP) is 3.18. The molecule has 1 amide bonds. The lowest BCUT2D eigenvalue weighted by Gasteiger charge is -2.39. The lowest BCUT2D eigenvalue weighted by atomic mass is 9.79. The first-order valence-corrected chi connectivity index (χ1v) is 6.87. The number of nitrogens with zero attached hydrogens (tertiary/aromatic N) is 2. The molecular weight excluding hydrogens is 236 g/mol. The summed E-state index contributed by atoms with van der Waals surface area (Å²) < 4.78 is 0. The topological polar surface area (TPSA) is 32.7 Å². The molecule has 0 aliphatic carbocycles. The third-order valence-corrected chi connectivity index (χ3v) is 3.63. The molecule has 2 aliphatic heterocycles. The molecule has 104 valence electrons. The van der Waals surface area contributed by atoms with Gasteiger partial charge in [-0.1, -0.05) is 32.9 Å². The summed E-state index contributed by atoms with van der Waals surface area (Å²) in [6.07, 6.45) is 5.98. The quantitative estimate of drug-likeness (QED) is 0.658. The molecular formula is C16H24N2O. The van der Waals surface area contributed by atoms with E-state index in [9.17, 15) is 4.79 Å². The molecule has 19 heavy (non-hydrogen) atoms. The van der Waals surface area contributed by atoms with Gasteiger partial charge >= 0.3 is 0 Å². The fourth-order valence-corrected chi connectivity index (χ4v) is 2.64. The second kappa shape index (κ2) is 4.32. The van der Waals surface area contributed by atoms with Crippen molar-refractivity contribution in [3.63, 3.8) is 0 Å². The van der Waals surface area contributed by atoms with E-state index in [0.29, 0.717) is 6.54 Å². The van der Waals surface area contributed by atoms with Crippen molar-refractivity contribution in [3.8, 4) is 0 Å². The van der Waals surface area contributed by atoms with Gasteiger partial charge in [-0.25, -0.2) is 0 Å². The largest absolute Gasteiger partial charge is 0.305 e. The van der Waals surface area contributed by atoms with Gasteiger partial charge in [0.25, 0.3) is 0 Å². The minimum absolute atomic E-state index is 0.0754. The van der Waals surface area contributed by atoms with Gasteiger partial charge in [0, 0.05) is 11.8 Å². The van der Waals surface area contributed by atoms with Gasteiger partial charge in [0.15, 0.2) is 0 Å². The second-order valence-electron chi connectivity index (χ2n) is 7.43. The molecule has 0 fully saturated rings. The summed E-state index contributed by atoms with van der Waals surface area (Å²) in [7, 11) is 0. The van der Waals surface area contributed by atoms with E-state index in [4.69, 9.17) is 0 Å². The summed E-state index contributed by atoms with van der Waals surface area (Å²) >= 11 is 0. The number of aliphatic imine (C=N–C) groups is 1. The zero-order chi connectivity index (χ0) is 14.4. The van der Waals surface area contributed by atoms with Crippen molar-refractivity contribution in [2.45, 2.75) is 47.1 Å². The number of rotatable bonds is 0. The van der Waals surface area contributed by atoms with Gasteiger partial charge in [-0.3, -0.25) is 9.79 Å². The Hall–Kier alpha value is -1.38. The van der Waals surface area contributed by atoms with Crippen LogP contribution in [0.2, 0.25) is 0 Å². The predicted molar refractivity (Wildman–Crippen MR) is 79.1 cm³/mol. The monoisotopic (exact) mass is 260 g/mol. The third-order valence-electron chi connectivity index (χ3n) is 3.63. The molecule has 2 heterocycles. The van der Waals surface area contributed by atoms with E-state index in [1.54, 1.807) is 0 Å². The van der Waals surface area contributed by atoms with E-state index >= 15 is 0 Å². The molecule has 0 bridgehead atoms. The summed E-state index contributed by atoms with van der Waals surface area (Å²) in [5, 5.41) is 0. The Morgan fingerprint density at radius 3 is 2.37 bits per heavy atom. The van der Waals surface area contributed by atoms with Crippen molar-refractivity contribution in [2.75, 3.05) is 6.54 Å². The van der Waals surface area contributed by atoms with Gasteiger partial charge in [0.2, 0.25) is 5.91 Å². The van der Waals surface area contributed by atoms with Crippen LogP contribution in [0.1, 0.15) is 41.5 Å². The molecule has 2 aliphatic rings. The van der Waals surface area contributed by atoms with E-state index in [-0.39, 0.29) is 22.8 Å². The Kier molecular flexibility index (Phi) is 3.20. The van der Waals surface area contributed by atoms with Gasteiger partial charge in [-0.15, -0.1) is 0 Å². The smallest absolute Gasteiger partial charge is 0.234 e. The first kappa shape index (κ1) is 14.0. The first-order chi connectivity index (χ1) is 8.62. The van der Waals surface area contributed by atoms with E-state index in [1.807, 2.05) is 11.1 Å². The van der Waals surface area contributed by atoms with Crippen LogP contribution in [0.5, 0.6) is 0 Å². The van der Waals surface area contributed by atoms with Crippen LogP contribution in [0.4, 0.5) is 0 Å². The number of hydrogen-bond donors (Lipinski definition) is 0. The van der Waals surface area contributed by atoms with E-state index in [0.717, 1.165) is 11.3 Å². The van der Waals surface area contributed by atoms with Gasteiger partial charge in [-0.05, 0) is 31.8 Å². The molecule has 0 spiro atoms. The van der Waals surface area contributed by atoms with E-state index in [1.165, 1.54) is 0 Å². The SMILES string of the molecule is CC(C)(C)C1C=CC2=C(C=NC2)N(C(C)(C)C)C1=O. The van der Waals surface area contributed by atoms with Gasteiger partial charge in [-0.2, -0.15) is 0 Å². The minimum atomic E-state index is -0.233. The minimum Gasteiger partial charge on any atom is -0.305 e. The highest BCUT2D eigenvalue weighted by molar-refractivity contribution is 5.94. The third kappa shape index (κ3) is 2.51. The summed E-state index contributed by atoms with van der Waals surface area (Å²) in [6.45, 7) is 13.3. The summed E-state index contributed by atoms with van der Waals surface area (Å²) in [5.41, 5.74) is 1.81. The highest BCUT2D eigenvalue weighted by Crippen LogP contribution is 2.36. The Morgan fingerprint density at radius 1 is 1.21 bits per heavy atom. The number of carbonyl (C=O) groups excluding carboxylic acids is 1. The fraction of sp³-hybridized carbons (Fsp3) is 0.625. The average Bonchev–Trinajstić information content (AvgIpc) is 2.57. The van der Waals surface area contributed by atoms with Crippen LogP contribution in [0.3, 0.4) is 0 Å². The van der Waals surface area contributed by atoms with Crippen molar-refractivity contribution in [1.82, 2.24) is 4.90 Å². The molecule has 0 aromatic heterocycles. The van der Waals surface area contributed by atoms with Crippen LogP contribution in [0.25, 0.3) is 0 Å². The molecule has 0 saturated heterocycles. The normalized spacial score (nSPS) is 24.0. The first-order valence-electron chi connectivity index (χ1n) is 6.87.